The van der Waals surface area contributed by atoms with E-state index in [1.807, 2.05) is 33.8 Å². The molecular formula is C22H27FO2. The van der Waals surface area contributed by atoms with E-state index < -0.39 is 6.10 Å². The molecule has 1 unspecified atom stereocenters. The van der Waals surface area contributed by atoms with Gasteiger partial charge in [-0.05, 0) is 60.2 Å². The first kappa shape index (κ1) is 19.3. The van der Waals surface area contributed by atoms with Gasteiger partial charge in [-0.3, -0.25) is 4.79 Å². The Labute approximate surface area is 149 Å². The summed E-state index contributed by atoms with van der Waals surface area (Å²) in [7, 11) is 0. The molecule has 0 aliphatic heterocycles. The number of hydrogen-bond donors (Lipinski definition) is 1. The number of carbonyl (C=O) groups is 1. The molecule has 1 atom stereocenters. The zero-order valence-corrected chi connectivity index (χ0v) is 15.5. The maximum Gasteiger partial charge on any atom is 0.163 e. The predicted octanol–water partition coefficient (Wildman–Crippen LogP) is 5.86. The van der Waals surface area contributed by atoms with Gasteiger partial charge in [-0.25, -0.2) is 4.39 Å². The van der Waals surface area contributed by atoms with Crippen LogP contribution in [-0.4, -0.2) is 10.9 Å². The largest absolute Gasteiger partial charge is 0.388 e. The molecule has 0 heterocycles. The van der Waals surface area contributed by atoms with Crippen LogP contribution < -0.4 is 0 Å². The van der Waals surface area contributed by atoms with E-state index in [1.54, 1.807) is 24.3 Å². The molecule has 0 fully saturated rings. The van der Waals surface area contributed by atoms with Gasteiger partial charge in [0.2, 0.25) is 0 Å². The number of ketones is 1. The Morgan fingerprint density at radius 2 is 1.88 bits per heavy atom. The van der Waals surface area contributed by atoms with Crippen molar-refractivity contribution in [3.63, 3.8) is 0 Å². The number of rotatable bonds is 7. The Bertz CT molecular complexity index is 750. The van der Waals surface area contributed by atoms with Crippen molar-refractivity contribution in [2.45, 2.75) is 53.1 Å². The molecule has 1 N–H and O–H groups in total. The van der Waals surface area contributed by atoms with Crippen LogP contribution in [0.1, 0.15) is 67.6 Å². The summed E-state index contributed by atoms with van der Waals surface area (Å²) in [6.07, 6.45) is 1.23. The first-order chi connectivity index (χ1) is 11.8. The van der Waals surface area contributed by atoms with Crippen LogP contribution in [-0.2, 0) is 0 Å². The fourth-order valence-corrected chi connectivity index (χ4v) is 2.94. The molecule has 0 amide bonds. The third-order valence-corrected chi connectivity index (χ3v) is 4.25. The van der Waals surface area contributed by atoms with E-state index in [9.17, 15) is 14.3 Å². The SMILES string of the molecule is CCCC(O)c1cc(C(=O)CC(C)C)cc(-c2ccc(C)cc2F)c1. The van der Waals surface area contributed by atoms with Crippen LogP contribution in [0.15, 0.2) is 36.4 Å². The minimum atomic E-state index is -0.649. The number of carbonyl (C=O) groups excluding carboxylic acids is 1. The standard InChI is InChI=1S/C22H27FO2/c1-5-6-21(24)17-11-16(19-8-7-15(4)10-20(19)23)12-18(13-17)22(25)9-14(2)3/h7-8,10-14,21,24H,5-6,9H2,1-4H3. The normalized spacial score (nSPS) is 12.4. The summed E-state index contributed by atoms with van der Waals surface area (Å²) in [5.41, 5.74) is 3.15. The van der Waals surface area contributed by atoms with Gasteiger partial charge in [-0.1, -0.05) is 39.3 Å². The molecular weight excluding hydrogens is 315 g/mol. The van der Waals surface area contributed by atoms with Crippen molar-refractivity contribution in [2.75, 3.05) is 0 Å². The number of aliphatic hydroxyl groups is 1. The molecule has 0 aliphatic rings. The Morgan fingerprint density at radius 3 is 2.48 bits per heavy atom. The lowest BCUT2D eigenvalue weighted by Gasteiger charge is -2.15. The fourth-order valence-electron chi connectivity index (χ4n) is 2.94. The lowest BCUT2D eigenvalue weighted by molar-refractivity contribution is 0.0967. The van der Waals surface area contributed by atoms with Gasteiger partial charge in [0.05, 0.1) is 6.10 Å². The highest BCUT2D eigenvalue weighted by Crippen LogP contribution is 2.30. The van der Waals surface area contributed by atoms with Crippen molar-refractivity contribution in [1.29, 1.82) is 0 Å². The lowest BCUT2D eigenvalue weighted by atomic mass is 9.92. The van der Waals surface area contributed by atoms with Gasteiger partial charge in [0.25, 0.3) is 0 Å². The van der Waals surface area contributed by atoms with Gasteiger partial charge in [0, 0.05) is 17.5 Å². The Morgan fingerprint density at radius 1 is 1.16 bits per heavy atom. The fraction of sp³-hybridized carbons (Fsp3) is 0.409. The van der Waals surface area contributed by atoms with Gasteiger partial charge < -0.3 is 5.11 Å². The third-order valence-electron chi connectivity index (χ3n) is 4.25. The zero-order valence-electron chi connectivity index (χ0n) is 15.5. The van der Waals surface area contributed by atoms with E-state index in [0.29, 0.717) is 35.1 Å². The highest BCUT2D eigenvalue weighted by Gasteiger charge is 2.16. The molecule has 3 heteroatoms. The Kier molecular flexibility index (Phi) is 6.49. The van der Waals surface area contributed by atoms with Crippen LogP contribution in [0.2, 0.25) is 0 Å². The molecule has 0 bridgehead atoms. The van der Waals surface area contributed by atoms with Crippen molar-refractivity contribution in [3.8, 4) is 11.1 Å². The quantitative estimate of drug-likeness (QED) is 0.640. The summed E-state index contributed by atoms with van der Waals surface area (Å²) < 4.78 is 14.4. The lowest BCUT2D eigenvalue weighted by Crippen LogP contribution is -2.06. The van der Waals surface area contributed by atoms with E-state index in [4.69, 9.17) is 0 Å². The van der Waals surface area contributed by atoms with Crippen LogP contribution in [0.3, 0.4) is 0 Å². The monoisotopic (exact) mass is 342 g/mol. The second-order valence-electron chi connectivity index (χ2n) is 7.15. The first-order valence-corrected chi connectivity index (χ1v) is 8.94. The third kappa shape index (κ3) is 4.99. The van der Waals surface area contributed by atoms with Crippen molar-refractivity contribution < 1.29 is 14.3 Å². The molecule has 134 valence electrons. The predicted molar refractivity (Wildman–Crippen MR) is 100 cm³/mol. The average Bonchev–Trinajstić information content (AvgIpc) is 2.54. The molecule has 0 aromatic heterocycles. The average molecular weight is 342 g/mol. The summed E-state index contributed by atoms with van der Waals surface area (Å²) >= 11 is 0. The molecule has 0 radical (unpaired) electrons. The summed E-state index contributed by atoms with van der Waals surface area (Å²) in [6.45, 7) is 7.83. The summed E-state index contributed by atoms with van der Waals surface area (Å²) in [6, 6.07) is 10.3. The molecule has 0 aliphatic carbocycles. The smallest absolute Gasteiger partial charge is 0.163 e. The van der Waals surface area contributed by atoms with E-state index in [1.165, 1.54) is 6.07 Å². The van der Waals surface area contributed by atoms with Crippen LogP contribution in [0, 0.1) is 18.7 Å². The molecule has 2 nitrogen and oxygen atoms in total. The number of aliphatic hydroxyl groups excluding tert-OH is 1. The molecule has 2 rings (SSSR count). The van der Waals surface area contributed by atoms with Crippen LogP contribution >= 0.6 is 0 Å². The second kappa shape index (κ2) is 8.39. The number of benzene rings is 2. The number of halogens is 1. The molecule has 0 spiro atoms. The highest BCUT2D eigenvalue weighted by atomic mass is 19.1. The van der Waals surface area contributed by atoms with Gasteiger partial charge in [0.15, 0.2) is 5.78 Å². The van der Waals surface area contributed by atoms with E-state index in [2.05, 4.69) is 0 Å². The maximum atomic E-state index is 14.4. The Hall–Kier alpha value is -2.00. The van der Waals surface area contributed by atoms with Gasteiger partial charge in [-0.2, -0.15) is 0 Å². The Balaban J connectivity index is 2.54. The summed E-state index contributed by atoms with van der Waals surface area (Å²) in [5, 5.41) is 10.4. The van der Waals surface area contributed by atoms with Gasteiger partial charge >= 0.3 is 0 Å². The van der Waals surface area contributed by atoms with Crippen LogP contribution in [0.25, 0.3) is 11.1 Å². The number of hydrogen-bond acceptors (Lipinski definition) is 2. The first-order valence-electron chi connectivity index (χ1n) is 8.94. The van der Waals surface area contributed by atoms with Gasteiger partial charge in [-0.15, -0.1) is 0 Å². The minimum absolute atomic E-state index is 0.0225. The summed E-state index contributed by atoms with van der Waals surface area (Å²) in [5.74, 6) is -0.0463. The van der Waals surface area contributed by atoms with E-state index in [0.717, 1.165) is 12.0 Å². The van der Waals surface area contributed by atoms with Crippen molar-refractivity contribution >= 4 is 5.78 Å². The highest BCUT2D eigenvalue weighted by molar-refractivity contribution is 5.97. The molecule has 2 aromatic rings. The van der Waals surface area contributed by atoms with E-state index in [-0.39, 0.29) is 17.5 Å². The summed E-state index contributed by atoms with van der Waals surface area (Å²) in [4.78, 5) is 12.5. The molecule has 0 saturated heterocycles. The van der Waals surface area contributed by atoms with Crippen molar-refractivity contribution in [3.05, 3.63) is 58.9 Å². The zero-order chi connectivity index (χ0) is 18.6. The minimum Gasteiger partial charge on any atom is -0.388 e. The number of Topliss-reactive ketones (excluding diaryl/α,β-unsaturated/α-hetero) is 1. The molecule has 25 heavy (non-hydrogen) atoms. The molecule has 2 aromatic carbocycles. The van der Waals surface area contributed by atoms with Crippen molar-refractivity contribution in [1.82, 2.24) is 0 Å². The maximum absolute atomic E-state index is 14.4. The van der Waals surface area contributed by atoms with Crippen LogP contribution in [0.4, 0.5) is 4.39 Å². The number of aryl methyl sites for hydroxylation is 1. The van der Waals surface area contributed by atoms with Crippen LogP contribution in [0.5, 0.6) is 0 Å². The van der Waals surface area contributed by atoms with Gasteiger partial charge in [0.1, 0.15) is 5.82 Å². The molecule has 0 saturated carbocycles. The van der Waals surface area contributed by atoms with Crippen molar-refractivity contribution in [2.24, 2.45) is 5.92 Å². The van der Waals surface area contributed by atoms with E-state index >= 15 is 0 Å². The topological polar surface area (TPSA) is 37.3 Å². The second-order valence-corrected chi connectivity index (χ2v) is 7.15.